The van der Waals surface area contributed by atoms with Crippen molar-refractivity contribution in [2.24, 2.45) is 0 Å². The van der Waals surface area contributed by atoms with Crippen LogP contribution in [0.25, 0.3) is 209 Å². The van der Waals surface area contributed by atoms with Crippen LogP contribution >= 0.6 is 34.0 Å². The van der Waals surface area contributed by atoms with Crippen molar-refractivity contribution in [3.63, 3.8) is 0 Å². The number of thiophene rings is 3. The maximum absolute atomic E-state index is 13.6. The van der Waals surface area contributed by atoms with Crippen molar-refractivity contribution in [1.29, 1.82) is 5.26 Å². The molecule has 0 fully saturated rings. The number of rotatable bonds is 5. The highest BCUT2D eigenvalue weighted by Crippen LogP contribution is 2.58. The fraction of sp³-hybridized carbons (Fsp3) is 0. The smallest absolute Gasteiger partial charge is 0.136 e. The minimum absolute atomic E-state index is 0.512. The molecule has 6 nitrogen and oxygen atoms in total. The number of para-hydroxylation sites is 5. The lowest BCUT2D eigenvalue weighted by molar-refractivity contribution is 0.668. The number of nitrogens with zero attached hydrogens (tertiary/aromatic N) is 4. The summed E-state index contributed by atoms with van der Waals surface area (Å²) in [6.45, 7) is 0. The lowest BCUT2D eigenvalue weighted by Gasteiger charge is -2.29. The second-order valence-electron chi connectivity index (χ2n) is 24.7. The third kappa shape index (κ3) is 6.55. The largest absolute Gasteiger partial charge is 0.456 e. The minimum atomic E-state index is 0.512. The summed E-state index contributed by atoms with van der Waals surface area (Å²) in [5.41, 5.74) is 15.8. The number of fused-ring (bicyclic) bond motifs is 27. The van der Waals surface area contributed by atoms with Crippen LogP contribution in [0.2, 0.25) is 0 Å². The van der Waals surface area contributed by atoms with Crippen LogP contribution in [0.3, 0.4) is 0 Å². The average molecular weight is 1250 g/mol. The Labute approximate surface area is 545 Å². The van der Waals surface area contributed by atoms with E-state index in [1.54, 1.807) is 0 Å². The van der Waals surface area contributed by atoms with Gasteiger partial charge in [0.25, 0.3) is 0 Å². The van der Waals surface area contributed by atoms with Crippen LogP contribution in [0.5, 0.6) is 0 Å². The van der Waals surface area contributed by atoms with Gasteiger partial charge in [-0.2, -0.15) is 5.26 Å². The van der Waals surface area contributed by atoms with Gasteiger partial charge in [-0.3, -0.25) is 0 Å². The van der Waals surface area contributed by atoms with E-state index in [-0.39, 0.29) is 0 Å². The van der Waals surface area contributed by atoms with Gasteiger partial charge >= 0.3 is 0 Å². The highest BCUT2D eigenvalue weighted by molar-refractivity contribution is 7.27. The third-order valence-corrected chi connectivity index (χ3v) is 23.7. The summed E-state index contributed by atoms with van der Waals surface area (Å²) in [6, 6.07) is 100. The molecule has 0 aliphatic rings. The van der Waals surface area contributed by atoms with E-state index in [0.29, 0.717) is 5.56 Å². The van der Waals surface area contributed by atoms with E-state index >= 15 is 0 Å². The molecule has 0 spiro atoms. The van der Waals surface area contributed by atoms with Crippen LogP contribution in [0.15, 0.2) is 276 Å². The van der Waals surface area contributed by atoms with E-state index < -0.39 is 0 Å². The van der Waals surface area contributed by atoms with Crippen molar-refractivity contribution in [2.75, 3.05) is 0 Å². The van der Waals surface area contributed by atoms with Crippen LogP contribution < -0.4 is 0 Å². The average Bonchev–Trinajstić information content (AvgIpc) is 1.44. The molecule has 8 aromatic heterocycles. The molecular formula is C85H44N4O2S3. The molecular weight excluding hydrogens is 1210 g/mol. The van der Waals surface area contributed by atoms with Gasteiger partial charge in [-0.15, -0.1) is 34.0 Å². The maximum atomic E-state index is 13.6. The summed E-state index contributed by atoms with van der Waals surface area (Å²) < 4.78 is 28.8. The lowest BCUT2D eigenvalue weighted by Crippen LogP contribution is -2.14. The van der Waals surface area contributed by atoms with Gasteiger partial charge in [-0.25, -0.2) is 0 Å². The van der Waals surface area contributed by atoms with Gasteiger partial charge in [0, 0.05) is 111 Å². The van der Waals surface area contributed by atoms with Crippen molar-refractivity contribution in [3.05, 3.63) is 272 Å². The van der Waals surface area contributed by atoms with Crippen LogP contribution in [-0.4, -0.2) is 13.7 Å². The Kier molecular flexibility index (Phi) is 10.1. The molecule has 0 unspecified atom stereocenters. The Morgan fingerprint density at radius 2 is 0.574 bits per heavy atom. The van der Waals surface area contributed by atoms with Crippen molar-refractivity contribution in [3.8, 4) is 45.4 Å². The Balaban J connectivity index is 1.11. The summed E-state index contributed by atoms with van der Waals surface area (Å²) in [6.07, 6.45) is 0. The predicted molar refractivity (Wildman–Crippen MR) is 398 cm³/mol. The van der Waals surface area contributed by atoms with Crippen molar-refractivity contribution in [2.45, 2.75) is 0 Å². The Morgan fingerprint density at radius 1 is 0.266 bits per heavy atom. The SMILES string of the molecule is N#Cc1c(-n2c3ccccc3c3ccc4c5ccccc5sc4c32)c(-c2cccc3oc4ccccc4c23)c(-n2c3ccccc3c3ccc4c5ccccc5sc4c32)c(-c2cccc3oc4ccccc4c23)c1-n1c2ccccc2c2ccc3c4ccccc4sc3c21. The van der Waals surface area contributed by atoms with E-state index in [9.17, 15) is 5.26 Å². The second kappa shape index (κ2) is 18.7. The molecule has 0 aliphatic carbocycles. The molecule has 434 valence electrons. The highest BCUT2D eigenvalue weighted by Gasteiger charge is 2.37. The van der Waals surface area contributed by atoms with E-state index in [1.807, 2.05) is 34.0 Å². The first-order chi connectivity index (χ1) is 46.6. The van der Waals surface area contributed by atoms with Gasteiger partial charge < -0.3 is 22.5 Å². The number of benzene rings is 14. The molecule has 0 aliphatic heterocycles. The maximum Gasteiger partial charge on any atom is 0.136 e. The monoisotopic (exact) mass is 1250 g/mol. The van der Waals surface area contributed by atoms with Crippen LogP contribution in [0.1, 0.15) is 5.56 Å². The van der Waals surface area contributed by atoms with Crippen LogP contribution in [0, 0.1) is 11.3 Å². The molecule has 0 radical (unpaired) electrons. The quantitative estimate of drug-likeness (QED) is 0.172. The number of hydrogen-bond donors (Lipinski definition) is 0. The predicted octanol–water partition coefficient (Wildman–Crippen LogP) is 25.1. The summed E-state index contributed by atoms with van der Waals surface area (Å²) in [7, 11) is 0. The Bertz CT molecular complexity index is 6880. The number of hydrogen-bond acceptors (Lipinski definition) is 6. The first kappa shape index (κ1) is 50.9. The molecule has 0 saturated carbocycles. The van der Waals surface area contributed by atoms with Gasteiger partial charge in [0.05, 0.1) is 64.3 Å². The summed E-state index contributed by atoms with van der Waals surface area (Å²) >= 11 is 5.49. The Hall–Kier alpha value is -11.8. The summed E-state index contributed by atoms with van der Waals surface area (Å²) in [5, 5.41) is 31.3. The van der Waals surface area contributed by atoms with Crippen LogP contribution in [-0.2, 0) is 0 Å². The molecule has 8 heterocycles. The third-order valence-electron chi connectivity index (χ3n) is 20.1. The number of furan rings is 2. The fourth-order valence-corrected chi connectivity index (χ4v) is 20.1. The summed E-state index contributed by atoms with van der Waals surface area (Å²) in [4.78, 5) is 0. The zero-order valence-corrected chi connectivity index (χ0v) is 52.2. The summed E-state index contributed by atoms with van der Waals surface area (Å²) in [5.74, 6) is 0. The molecule has 22 aromatic rings. The number of aromatic nitrogens is 3. The normalized spacial score (nSPS) is 12.5. The molecule has 0 atom stereocenters. The van der Waals surface area contributed by atoms with Crippen molar-refractivity contribution >= 4 is 204 Å². The van der Waals surface area contributed by atoms with E-state index in [1.165, 1.54) is 51.1 Å². The second-order valence-corrected chi connectivity index (χ2v) is 27.9. The van der Waals surface area contributed by atoms with Crippen molar-refractivity contribution < 1.29 is 8.83 Å². The topological polar surface area (TPSA) is 64.9 Å². The zero-order valence-electron chi connectivity index (χ0n) is 49.7. The standard InChI is InChI=1S/C85H44N4O2S3/c86-45-62-77(87-63-29-9-1-19-46(63)52-39-42-55-49-22-6-14-36-70(49)92-83(55)79(52)87)75(60-27-17-34-68-73(60)58-25-4-12-32-66(58)90-68)82(89-65-31-11-3-21-48(65)54-41-44-57-51-24-8-16-38-72(51)94-85(57)81(54)89)76(61-28-18-35-69-74(61)59-26-5-13-33-67(59)91-69)78(62)88-64-30-10-2-20-47(64)53-40-43-56-50-23-7-15-37-71(50)93-84(56)80(53)88/h1-44H. The van der Waals surface area contributed by atoms with Gasteiger partial charge in [-0.1, -0.05) is 206 Å². The van der Waals surface area contributed by atoms with Gasteiger partial charge in [-0.05, 0) is 71.8 Å². The van der Waals surface area contributed by atoms with E-state index in [4.69, 9.17) is 8.83 Å². The molecule has 0 bridgehead atoms. The van der Waals surface area contributed by atoms with Crippen molar-refractivity contribution in [1.82, 2.24) is 13.7 Å². The first-order valence-electron chi connectivity index (χ1n) is 31.6. The first-order valence-corrected chi connectivity index (χ1v) is 34.1. The molecule has 14 aromatic carbocycles. The van der Waals surface area contributed by atoms with Gasteiger partial charge in [0.1, 0.15) is 34.0 Å². The Morgan fingerprint density at radius 3 is 0.957 bits per heavy atom. The minimum Gasteiger partial charge on any atom is -0.456 e. The van der Waals surface area contributed by atoms with E-state index in [2.05, 4.69) is 287 Å². The molecule has 94 heavy (non-hydrogen) atoms. The van der Waals surface area contributed by atoms with E-state index in [0.717, 1.165) is 158 Å². The van der Waals surface area contributed by atoms with Crippen LogP contribution in [0.4, 0.5) is 0 Å². The molecule has 0 saturated heterocycles. The molecule has 9 heteroatoms. The molecule has 0 N–H and O–H groups in total. The fourth-order valence-electron chi connectivity index (χ4n) is 16.4. The highest BCUT2D eigenvalue weighted by atomic mass is 32.1. The number of nitriles is 1. The van der Waals surface area contributed by atoms with Gasteiger partial charge in [0.2, 0.25) is 0 Å². The molecule has 0 amide bonds. The zero-order chi connectivity index (χ0) is 61.2. The molecule has 22 rings (SSSR count). The lowest BCUT2D eigenvalue weighted by atomic mass is 9.85. The van der Waals surface area contributed by atoms with Gasteiger partial charge in [0.15, 0.2) is 0 Å².